The second kappa shape index (κ2) is 5.90. The van der Waals surface area contributed by atoms with E-state index < -0.39 is 0 Å². The molecule has 0 saturated carbocycles. The van der Waals surface area contributed by atoms with Gasteiger partial charge in [0, 0.05) is 34.7 Å². The minimum Gasteiger partial charge on any atom is -0.384 e. The zero-order valence-electron chi connectivity index (χ0n) is 11.8. The summed E-state index contributed by atoms with van der Waals surface area (Å²) in [6.45, 7) is 2.84. The Morgan fingerprint density at radius 2 is 2.14 bits per heavy atom. The van der Waals surface area contributed by atoms with E-state index in [0.29, 0.717) is 6.42 Å². The molecule has 0 aliphatic carbocycles. The van der Waals surface area contributed by atoms with Crippen molar-refractivity contribution in [2.75, 3.05) is 17.2 Å². The molecule has 0 saturated heterocycles. The fourth-order valence-electron chi connectivity index (χ4n) is 2.78. The summed E-state index contributed by atoms with van der Waals surface area (Å²) in [4.78, 5) is 12.2. The Morgan fingerprint density at radius 3 is 2.95 bits per heavy atom. The maximum absolute atomic E-state index is 12.2. The first-order chi connectivity index (χ1) is 10.1. The van der Waals surface area contributed by atoms with Gasteiger partial charge < -0.3 is 10.6 Å². The Bertz CT molecular complexity index is 664. The molecule has 1 heterocycles. The van der Waals surface area contributed by atoms with Gasteiger partial charge in [0.15, 0.2) is 0 Å². The van der Waals surface area contributed by atoms with Crippen molar-refractivity contribution < 1.29 is 4.79 Å². The Morgan fingerprint density at radius 1 is 1.33 bits per heavy atom. The second-order valence-electron chi connectivity index (χ2n) is 5.43. The summed E-state index contributed by atoms with van der Waals surface area (Å²) in [6.07, 6.45) is 0.496. The van der Waals surface area contributed by atoms with Gasteiger partial charge in [0.25, 0.3) is 0 Å². The molecule has 1 aliphatic rings. The van der Waals surface area contributed by atoms with Crippen molar-refractivity contribution in [3.05, 3.63) is 58.1 Å². The van der Waals surface area contributed by atoms with E-state index in [9.17, 15) is 4.79 Å². The van der Waals surface area contributed by atoms with E-state index in [1.165, 1.54) is 5.56 Å². The molecule has 1 aliphatic heterocycles. The highest BCUT2D eigenvalue weighted by Crippen LogP contribution is 2.33. The SMILES string of the molecule is Cc1cc(Br)cc(NC(=O)CC2CNc3ccccc32)c1. The zero-order chi connectivity index (χ0) is 14.8. The number of halogens is 1. The molecule has 4 heteroatoms. The predicted molar refractivity (Wildman–Crippen MR) is 89.8 cm³/mol. The van der Waals surface area contributed by atoms with Crippen LogP contribution >= 0.6 is 15.9 Å². The van der Waals surface area contributed by atoms with Gasteiger partial charge in [0.1, 0.15) is 0 Å². The van der Waals surface area contributed by atoms with Crippen molar-refractivity contribution in [2.24, 2.45) is 0 Å². The van der Waals surface area contributed by atoms with E-state index in [1.54, 1.807) is 0 Å². The lowest BCUT2D eigenvalue weighted by Crippen LogP contribution is -2.16. The van der Waals surface area contributed by atoms with Crippen LogP contribution in [0.15, 0.2) is 46.9 Å². The number of hydrogen-bond donors (Lipinski definition) is 2. The van der Waals surface area contributed by atoms with Gasteiger partial charge in [-0.25, -0.2) is 0 Å². The zero-order valence-corrected chi connectivity index (χ0v) is 13.4. The van der Waals surface area contributed by atoms with Crippen LogP contribution in [0.5, 0.6) is 0 Å². The highest BCUT2D eigenvalue weighted by atomic mass is 79.9. The summed E-state index contributed by atoms with van der Waals surface area (Å²) in [5.74, 6) is 0.297. The van der Waals surface area contributed by atoms with Crippen LogP contribution in [0.3, 0.4) is 0 Å². The van der Waals surface area contributed by atoms with E-state index in [4.69, 9.17) is 0 Å². The third kappa shape index (κ3) is 3.27. The summed E-state index contributed by atoms with van der Waals surface area (Å²) in [7, 11) is 0. The first-order valence-electron chi connectivity index (χ1n) is 7.01. The van der Waals surface area contributed by atoms with E-state index in [1.807, 2.05) is 37.3 Å². The Hall–Kier alpha value is -1.81. The molecule has 3 rings (SSSR count). The molecule has 21 heavy (non-hydrogen) atoms. The summed E-state index contributed by atoms with van der Waals surface area (Å²) in [6, 6.07) is 14.1. The van der Waals surface area contributed by atoms with Crippen LogP contribution in [0.1, 0.15) is 23.5 Å². The van der Waals surface area contributed by atoms with Gasteiger partial charge in [-0.15, -0.1) is 0 Å². The van der Waals surface area contributed by atoms with Gasteiger partial charge in [0.2, 0.25) is 5.91 Å². The molecule has 0 aromatic heterocycles. The van der Waals surface area contributed by atoms with Gasteiger partial charge in [-0.3, -0.25) is 4.79 Å². The minimum atomic E-state index is 0.0519. The fourth-order valence-corrected chi connectivity index (χ4v) is 3.39. The van der Waals surface area contributed by atoms with Crippen LogP contribution in [0.2, 0.25) is 0 Å². The third-order valence-electron chi connectivity index (χ3n) is 3.70. The quantitative estimate of drug-likeness (QED) is 0.871. The number of nitrogens with one attached hydrogen (secondary N) is 2. The molecule has 0 radical (unpaired) electrons. The number of rotatable bonds is 3. The predicted octanol–water partition coefficient (Wildman–Crippen LogP) is 4.30. The molecule has 2 aromatic rings. The Kier molecular flexibility index (Phi) is 3.97. The average molecular weight is 345 g/mol. The molecular formula is C17H17BrN2O. The van der Waals surface area contributed by atoms with Crippen LogP contribution < -0.4 is 10.6 Å². The summed E-state index contributed by atoms with van der Waals surface area (Å²) < 4.78 is 0.977. The van der Waals surface area contributed by atoms with E-state index >= 15 is 0 Å². The van der Waals surface area contributed by atoms with Crippen LogP contribution in [0.4, 0.5) is 11.4 Å². The largest absolute Gasteiger partial charge is 0.384 e. The lowest BCUT2D eigenvalue weighted by Gasteiger charge is -2.11. The Labute approximate surface area is 132 Å². The molecular weight excluding hydrogens is 328 g/mol. The second-order valence-corrected chi connectivity index (χ2v) is 6.35. The number of carbonyl (C=O) groups is 1. The number of aryl methyl sites for hydroxylation is 1. The van der Waals surface area contributed by atoms with Crippen molar-refractivity contribution in [1.82, 2.24) is 0 Å². The summed E-state index contributed by atoms with van der Waals surface area (Å²) >= 11 is 3.45. The highest BCUT2D eigenvalue weighted by Gasteiger charge is 2.23. The van der Waals surface area contributed by atoms with Crippen molar-refractivity contribution in [1.29, 1.82) is 0 Å². The van der Waals surface area contributed by atoms with Crippen LogP contribution in [-0.4, -0.2) is 12.5 Å². The maximum atomic E-state index is 12.2. The topological polar surface area (TPSA) is 41.1 Å². The van der Waals surface area contributed by atoms with E-state index in [2.05, 4.69) is 38.7 Å². The first kappa shape index (κ1) is 14.1. The highest BCUT2D eigenvalue weighted by molar-refractivity contribution is 9.10. The number of fused-ring (bicyclic) bond motifs is 1. The van der Waals surface area contributed by atoms with Gasteiger partial charge in [-0.05, 0) is 42.3 Å². The van der Waals surface area contributed by atoms with Gasteiger partial charge in [-0.2, -0.15) is 0 Å². The van der Waals surface area contributed by atoms with Crippen LogP contribution in [-0.2, 0) is 4.79 Å². The van der Waals surface area contributed by atoms with Crippen LogP contribution in [0.25, 0.3) is 0 Å². The van der Waals surface area contributed by atoms with E-state index in [0.717, 1.165) is 28.0 Å². The number of anilines is 2. The van der Waals surface area contributed by atoms with Crippen molar-refractivity contribution in [3.8, 4) is 0 Å². The molecule has 2 aromatic carbocycles. The molecule has 0 bridgehead atoms. The van der Waals surface area contributed by atoms with Gasteiger partial charge >= 0.3 is 0 Å². The summed E-state index contributed by atoms with van der Waals surface area (Å²) in [5.41, 5.74) is 4.34. The van der Waals surface area contributed by atoms with Gasteiger partial charge in [-0.1, -0.05) is 34.1 Å². The number of hydrogen-bond acceptors (Lipinski definition) is 2. The normalized spacial score (nSPS) is 16.2. The molecule has 1 atom stereocenters. The van der Waals surface area contributed by atoms with Crippen molar-refractivity contribution in [3.63, 3.8) is 0 Å². The molecule has 2 N–H and O–H groups in total. The molecule has 108 valence electrons. The average Bonchev–Trinajstić information content (AvgIpc) is 2.81. The molecule has 1 amide bonds. The standard InChI is InChI=1S/C17H17BrN2O/c1-11-6-13(18)9-14(7-11)20-17(21)8-12-10-19-16-5-3-2-4-15(12)16/h2-7,9,12,19H,8,10H2,1H3,(H,20,21). The van der Waals surface area contributed by atoms with Crippen LogP contribution in [0, 0.1) is 6.92 Å². The first-order valence-corrected chi connectivity index (χ1v) is 7.81. The fraction of sp³-hybridized carbons (Fsp3) is 0.235. The third-order valence-corrected chi connectivity index (χ3v) is 4.16. The number of amides is 1. The number of carbonyl (C=O) groups excluding carboxylic acids is 1. The lowest BCUT2D eigenvalue weighted by molar-refractivity contribution is -0.116. The molecule has 0 spiro atoms. The lowest BCUT2D eigenvalue weighted by atomic mass is 9.97. The smallest absolute Gasteiger partial charge is 0.225 e. The van der Waals surface area contributed by atoms with E-state index in [-0.39, 0.29) is 11.8 Å². The Balaban J connectivity index is 1.68. The van der Waals surface area contributed by atoms with Gasteiger partial charge in [0.05, 0.1) is 0 Å². The number of benzene rings is 2. The minimum absolute atomic E-state index is 0.0519. The monoisotopic (exact) mass is 344 g/mol. The van der Waals surface area contributed by atoms with Crippen molar-refractivity contribution in [2.45, 2.75) is 19.3 Å². The number of para-hydroxylation sites is 1. The molecule has 0 fully saturated rings. The molecule has 1 unspecified atom stereocenters. The summed E-state index contributed by atoms with van der Waals surface area (Å²) in [5, 5.41) is 6.33. The molecule has 3 nitrogen and oxygen atoms in total. The maximum Gasteiger partial charge on any atom is 0.225 e. The van der Waals surface area contributed by atoms with Crippen molar-refractivity contribution >= 4 is 33.2 Å².